The molecule has 0 aromatic heterocycles. The zero-order valence-corrected chi connectivity index (χ0v) is 8.47. The lowest BCUT2D eigenvalue weighted by Crippen LogP contribution is -2.18. The second kappa shape index (κ2) is 6.91. The van der Waals surface area contributed by atoms with Gasteiger partial charge in [0.1, 0.15) is 5.25 Å². The molecule has 0 rings (SSSR count). The van der Waals surface area contributed by atoms with Gasteiger partial charge in [0.05, 0.1) is 0 Å². The molecule has 0 saturated heterocycles. The van der Waals surface area contributed by atoms with Gasteiger partial charge < -0.3 is 10.8 Å². The summed E-state index contributed by atoms with van der Waals surface area (Å²) in [5, 5.41) is 7.96. The van der Waals surface area contributed by atoms with Crippen LogP contribution in [0.4, 0.5) is 0 Å². The Labute approximate surface area is 81.9 Å². The van der Waals surface area contributed by atoms with Crippen LogP contribution < -0.4 is 5.73 Å². The Kier molecular flexibility index (Phi) is 6.62. The van der Waals surface area contributed by atoms with Crippen LogP contribution in [0.25, 0.3) is 0 Å². The van der Waals surface area contributed by atoms with Gasteiger partial charge in [-0.1, -0.05) is 18.2 Å². The van der Waals surface area contributed by atoms with Gasteiger partial charge in [0.15, 0.2) is 5.12 Å². The van der Waals surface area contributed by atoms with Crippen LogP contribution in [-0.4, -0.2) is 28.0 Å². The first kappa shape index (κ1) is 12.4. The maximum Gasteiger partial charge on any atom is 0.317 e. The summed E-state index contributed by atoms with van der Waals surface area (Å²) in [4.78, 5) is 21.3. The maximum absolute atomic E-state index is 10.7. The Morgan fingerprint density at radius 2 is 2.08 bits per heavy atom. The third kappa shape index (κ3) is 6.60. The van der Waals surface area contributed by atoms with Gasteiger partial charge >= 0.3 is 5.97 Å². The minimum Gasteiger partial charge on any atom is -0.480 e. The minimum atomic E-state index is -0.919. The Bertz CT molecular complexity index is 184. The molecule has 0 aliphatic heterocycles. The lowest BCUT2D eigenvalue weighted by Gasteiger charge is -2.08. The first-order chi connectivity index (χ1) is 6.07. The molecular formula is C8H15NO3S. The monoisotopic (exact) mass is 205 g/mol. The third-order valence-corrected chi connectivity index (χ3v) is 2.56. The number of nitrogens with two attached hydrogens (primary N) is 1. The predicted octanol–water partition coefficient (Wildman–Crippen LogP) is 0.848. The topological polar surface area (TPSA) is 80.4 Å². The van der Waals surface area contributed by atoms with Crippen molar-refractivity contribution in [3.8, 4) is 0 Å². The van der Waals surface area contributed by atoms with E-state index in [1.165, 1.54) is 6.92 Å². The smallest absolute Gasteiger partial charge is 0.317 e. The summed E-state index contributed by atoms with van der Waals surface area (Å²) in [6.07, 6.45) is 2.08. The van der Waals surface area contributed by atoms with E-state index >= 15 is 0 Å². The molecule has 0 spiro atoms. The number of aliphatic carboxylic acids is 1. The molecule has 0 aromatic carbocycles. The second-order valence-electron chi connectivity index (χ2n) is 2.72. The summed E-state index contributed by atoms with van der Waals surface area (Å²) >= 11 is 0.879. The third-order valence-electron chi connectivity index (χ3n) is 1.50. The molecule has 0 aliphatic carbocycles. The van der Waals surface area contributed by atoms with Crippen LogP contribution in [-0.2, 0) is 9.59 Å². The molecule has 0 bridgehead atoms. The number of carbonyl (C=O) groups is 2. The van der Waals surface area contributed by atoms with Crippen LogP contribution in [0.3, 0.4) is 0 Å². The van der Waals surface area contributed by atoms with Crippen molar-refractivity contribution in [2.24, 2.45) is 5.73 Å². The van der Waals surface area contributed by atoms with Crippen LogP contribution in [0.2, 0.25) is 0 Å². The van der Waals surface area contributed by atoms with E-state index in [-0.39, 0.29) is 5.12 Å². The Hall–Kier alpha value is -0.550. The Morgan fingerprint density at radius 1 is 1.46 bits per heavy atom. The summed E-state index contributed by atoms with van der Waals surface area (Å²) < 4.78 is 0. The summed E-state index contributed by atoms with van der Waals surface area (Å²) in [6.45, 7) is 1.95. The highest BCUT2D eigenvalue weighted by Gasteiger charge is 2.19. The fraction of sp³-hybridized carbons (Fsp3) is 0.750. The number of rotatable bonds is 6. The molecule has 0 heterocycles. The van der Waals surface area contributed by atoms with E-state index in [0.717, 1.165) is 24.6 Å². The van der Waals surface area contributed by atoms with E-state index in [2.05, 4.69) is 0 Å². The molecule has 0 fully saturated rings. The molecule has 5 heteroatoms. The van der Waals surface area contributed by atoms with Gasteiger partial charge in [-0.25, -0.2) is 0 Å². The maximum atomic E-state index is 10.7. The molecule has 3 N–H and O–H groups in total. The zero-order chi connectivity index (χ0) is 10.3. The number of carbonyl (C=O) groups excluding carboxylic acids is 1. The van der Waals surface area contributed by atoms with Crippen molar-refractivity contribution in [1.29, 1.82) is 0 Å². The van der Waals surface area contributed by atoms with Crippen LogP contribution in [0, 0.1) is 0 Å². The fourth-order valence-corrected chi connectivity index (χ4v) is 1.69. The van der Waals surface area contributed by atoms with Crippen molar-refractivity contribution in [1.82, 2.24) is 0 Å². The van der Waals surface area contributed by atoms with Gasteiger partial charge in [-0.15, -0.1) is 0 Å². The van der Waals surface area contributed by atoms with Crippen molar-refractivity contribution in [3.63, 3.8) is 0 Å². The summed E-state index contributed by atoms with van der Waals surface area (Å²) in [5.41, 5.74) is 5.27. The van der Waals surface area contributed by atoms with E-state index in [4.69, 9.17) is 10.8 Å². The molecule has 0 amide bonds. The van der Waals surface area contributed by atoms with Crippen LogP contribution in [0.15, 0.2) is 0 Å². The average Bonchev–Trinajstić information content (AvgIpc) is 2.02. The van der Waals surface area contributed by atoms with E-state index in [0.29, 0.717) is 13.0 Å². The van der Waals surface area contributed by atoms with Crippen LogP contribution in [0.1, 0.15) is 26.2 Å². The number of thioether (sulfide) groups is 1. The largest absolute Gasteiger partial charge is 0.480 e. The molecule has 76 valence electrons. The SMILES string of the molecule is CC(=O)SC(CCCCN)C(=O)O. The minimum absolute atomic E-state index is 0.153. The highest BCUT2D eigenvalue weighted by atomic mass is 32.2. The number of hydrogen-bond acceptors (Lipinski definition) is 4. The van der Waals surface area contributed by atoms with E-state index in [9.17, 15) is 9.59 Å². The molecule has 0 aliphatic rings. The van der Waals surface area contributed by atoms with Gasteiger partial charge in [-0.3, -0.25) is 9.59 Å². The summed E-state index contributed by atoms with van der Waals surface area (Å²) in [7, 11) is 0. The highest BCUT2D eigenvalue weighted by molar-refractivity contribution is 8.14. The number of unbranched alkanes of at least 4 members (excludes halogenated alkanes) is 1. The molecular weight excluding hydrogens is 190 g/mol. The molecule has 4 nitrogen and oxygen atoms in total. The Balaban J connectivity index is 3.81. The molecule has 0 radical (unpaired) electrons. The zero-order valence-electron chi connectivity index (χ0n) is 7.66. The quantitative estimate of drug-likeness (QED) is 0.628. The highest BCUT2D eigenvalue weighted by Crippen LogP contribution is 2.18. The molecule has 13 heavy (non-hydrogen) atoms. The number of carboxylic acids is 1. The predicted molar refractivity (Wildman–Crippen MR) is 52.6 cm³/mol. The summed E-state index contributed by atoms with van der Waals surface area (Å²) in [6, 6.07) is 0. The first-order valence-corrected chi connectivity index (χ1v) is 5.06. The molecule has 0 aromatic rings. The van der Waals surface area contributed by atoms with Crippen LogP contribution >= 0.6 is 11.8 Å². The lowest BCUT2D eigenvalue weighted by molar-refractivity contribution is -0.136. The van der Waals surface area contributed by atoms with E-state index < -0.39 is 11.2 Å². The van der Waals surface area contributed by atoms with Crippen molar-refractivity contribution >= 4 is 22.8 Å². The standard InChI is InChI=1S/C8H15NO3S/c1-6(10)13-7(8(11)12)4-2-3-5-9/h7H,2-5,9H2,1H3,(H,11,12). The normalized spacial score (nSPS) is 12.5. The first-order valence-electron chi connectivity index (χ1n) is 4.18. The van der Waals surface area contributed by atoms with Gasteiger partial charge in [-0.2, -0.15) is 0 Å². The van der Waals surface area contributed by atoms with E-state index in [1.807, 2.05) is 0 Å². The van der Waals surface area contributed by atoms with Gasteiger partial charge in [0.2, 0.25) is 0 Å². The van der Waals surface area contributed by atoms with Crippen LogP contribution in [0.5, 0.6) is 0 Å². The fourth-order valence-electron chi connectivity index (χ4n) is 0.907. The van der Waals surface area contributed by atoms with Crippen molar-refractivity contribution < 1.29 is 14.7 Å². The van der Waals surface area contributed by atoms with E-state index in [1.54, 1.807) is 0 Å². The second-order valence-corrected chi connectivity index (χ2v) is 4.10. The number of carboxylic acid groups (broad SMARTS) is 1. The van der Waals surface area contributed by atoms with Crippen molar-refractivity contribution in [3.05, 3.63) is 0 Å². The lowest BCUT2D eigenvalue weighted by atomic mass is 10.2. The summed E-state index contributed by atoms with van der Waals surface area (Å²) in [5.74, 6) is -0.919. The van der Waals surface area contributed by atoms with Gasteiger partial charge in [0.25, 0.3) is 0 Å². The van der Waals surface area contributed by atoms with Crippen molar-refractivity contribution in [2.75, 3.05) is 6.54 Å². The van der Waals surface area contributed by atoms with Gasteiger partial charge in [0, 0.05) is 6.92 Å². The molecule has 0 saturated carbocycles. The molecule has 1 unspecified atom stereocenters. The van der Waals surface area contributed by atoms with Gasteiger partial charge in [-0.05, 0) is 19.4 Å². The average molecular weight is 205 g/mol. The Morgan fingerprint density at radius 3 is 2.46 bits per heavy atom. The van der Waals surface area contributed by atoms with Crippen molar-refractivity contribution in [2.45, 2.75) is 31.4 Å². The molecule has 1 atom stereocenters. The number of hydrogen-bond donors (Lipinski definition) is 2.